The zero-order valence-electron chi connectivity index (χ0n) is 74.7. The first-order valence-electron chi connectivity index (χ1n) is 33.7. The predicted molar refractivity (Wildman–Crippen MR) is 334 cm³/mol. The van der Waals surface area contributed by atoms with Crippen molar-refractivity contribution >= 4 is 67.0 Å². The molecule has 12 aromatic heterocycles. The zero-order chi connectivity index (χ0) is 80.6. The average molecular weight is 2680 g/mol. The van der Waals surface area contributed by atoms with Crippen LogP contribution in [0.1, 0.15) is 63.5 Å². The third-order valence-corrected chi connectivity index (χ3v) is 13.4. The Morgan fingerprint density at radius 2 is 0.566 bits per heavy atom. The first-order valence-corrected chi connectivity index (χ1v) is 25.7. The van der Waals surface area contributed by atoms with Crippen LogP contribution in [-0.4, -0.2) is 112 Å². The van der Waals surface area contributed by atoms with Gasteiger partial charge in [-0.2, -0.15) is 0 Å². The molecule has 16 radical (unpaired) electrons. The first kappa shape index (κ1) is 98.9. The van der Waals surface area contributed by atoms with E-state index < -0.39 is 108 Å². The fourth-order valence-electron chi connectivity index (χ4n) is 8.77. The van der Waals surface area contributed by atoms with Crippen LogP contribution in [0, 0.1) is 41.3 Å². The molecule has 528 valence electrons. The van der Waals surface area contributed by atoms with E-state index in [1.165, 1.54) is 80.0 Å². The number of hydrogen-bond donors (Lipinski definition) is 0. The van der Waals surface area contributed by atoms with Gasteiger partial charge in [-0.1, -0.05) is 13.8 Å². The Bertz CT molecular complexity index is 5930. The van der Waals surface area contributed by atoms with Gasteiger partial charge in [0.15, 0.2) is 11.1 Å². The molecule has 0 aliphatic carbocycles. The number of aromatic nitrogens is 24. The monoisotopic (exact) mass is 2680 g/mol. The van der Waals surface area contributed by atoms with E-state index in [0.29, 0.717) is 18.3 Å². The Balaban J connectivity index is -0.000000150. The molecule has 0 spiro atoms. The first-order chi connectivity index (χ1) is 48.6. The molecule has 12 aromatic rings. The largest absolute Gasteiger partial charge is 0.465 e. The molecule has 0 saturated heterocycles. The molecule has 0 saturated carbocycles. The second-order valence-corrected chi connectivity index (χ2v) is 18.4. The van der Waals surface area contributed by atoms with Crippen LogP contribution in [0.5, 0.6) is 0 Å². The third kappa shape index (κ3) is 27.9. The maximum Gasteiger partial charge on any atom is 0.330 e. The summed E-state index contributed by atoms with van der Waals surface area (Å²) in [6.45, 7) is -3.39. The van der Waals surface area contributed by atoms with Crippen molar-refractivity contribution in [3.63, 3.8) is 0 Å². The van der Waals surface area contributed by atoms with Gasteiger partial charge in [-0.15, -0.1) is 41.3 Å². The summed E-state index contributed by atoms with van der Waals surface area (Å²) in [6, 6.07) is 0. The van der Waals surface area contributed by atoms with Crippen LogP contribution < -0.4 is 67.5 Å². The molecule has 36 nitrogen and oxygen atoms in total. The molecule has 0 N–H and O–H groups in total. The van der Waals surface area contributed by atoms with Crippen molar-refractivity contribution in [1.82, 2.24) is 112 Å². The van der Waals surface area contributed by atoms with Crippen LogP contribution in [0.15, 0.2) is 95.5 Å². The van der Waals surface area contributed by atoms with E-state index in [0.717, 1.165) is 76.7 Å². The quantitative estimate of drug-likeness (QED) is 0.151. The maximum atomic E-state index is 12.1. The molecule has 0 unspecified atom stereocenters. The van der Waals surface area contributed by atoms with E-state index in [1.807, 2.05) is 0 Å². The normalized spacial score (nSPS) is 12.3. The Morgan fingerprint density at radius 1 is 0.321 bits per heavy atom. The van der Waals surface area contributed by atoms with Gasteiger partial charge in [0, 0.05) is 638 Å². The van der Waals surface area contributed by atoms with Crippen LogP contribution in [-0.2, 0) is 606 Å². The molecule has 0 atom stereocenters. The van der Waals surface area contributed by atoms with Gasteiger partial charge in [0.2, 0.25) is 33.9 Å². The number of hydrogen-bond acceptors (Lipinski definition) is 18. The van der Waals surface area contributed by atoms with E-state index in [2.05, 4.69) is 58.1 Å². The molecule has 52 heteroatoms. The molecule has 12 heterocycles. The van der Waals surface area contributed by atoms with Crippen LogP contribution in [0.4, 0.5) is 0 Å². The fraction of sp³-hybridized carbons (Fsp3) is 0.333. The number of imidazole rings is 6. The van der Waals surface area contributed by atoms with Gasteiger partial charge in [0.25, 0.3) is 11.1 Å². The summed E-state index contributed by atoms with van der Waals surface area (Å²) in [4.78, 5) is 166. The SMILES string of the molecule is [2H]C([2H])(C)n1c(=O)c2c(ncn2C)n([CH2-])c1=O.[2H]C([2H])(C)n1c(=O)c2c(ncn2[CH2-])n(C)c1=O.[2H]C([2H])([2H])n1c(=O)n(CC)c(=O)c2c1ncn2[CH2-].[2H]C([2H])([2H])n1c(=O)n([CH-]C)c(=O)c2c1ncn2C.[2H]C([2H])([2H])n1cnc2c1c(=O)n(CC)c(=O)n2[CH2-].[2H]C([2H])([2H])n1cnc2c1c(=O)n([CH-]C)c(=O)n2C.[Y].[Y].[Y].[Y].[Y].[Y].[Y].[Y].[Y].[Y].[Y].[Y].[Y].[Y].[Y].[Y]. The molecular formula is C54H66N24O12Y16-6. The minimum absolute atomic E-state index is 0. The maximum absolute atomic E-state index is 12.1. The molecule has 0 aliphatic heterocycles. The van der Waals surface area contributed by atoms with E-state index in [-0.39, 0.29) is 603 Å². The molecule has 0 bridgehead atoms. The summed E-state index contributed by atoms with van der Waals surface area (Å²) in [5.74, 6) is 0. The molecule has 0 amide bonds. The van der Waals surface area contributed by atoms with Gasteiger partial charge in [0.1, 0.15) is 11.3 Å². The summed E-state index contributed by atoms with van der Waals surface area (Å²) in [5, 5.41) is 0. The summed E-state index contributed by atoms with van der Waals surface area (Å²) >= 11 is 0. The summed E-state index contributed by atoms with van der Waals surface area (Å²) in [7, 11) is 20.1. The molecule has 106 heavy (non-hydrogen) atoms. The molecule has 0 aromatic carbocycles. The van der Waals surface area contributed by atoms with E-state index >= 15 is 0 Å². The summed E-state index contributed by atoms with van der Waals surface area (Å²) in [5.41, 5.74) is -8.47. The number of rotatable bonds is 6. The molecular weight excluding hydrogens is 2600 g/mol. The van der Waals surface area contributed by atoms with Gasteiger partial charge >= 0.3 is 11.4 Å². The second kappa shape index (κ2) is 59.5. The van der Waals surface area contributed by atoms with Crippen LogP contribution in [0.3, 0.4) is 0 Å². The van der Waals surface area contributed by atoms with Crippen molar-refractivity contribution in [1.29, 1.82) is 0 Å². The van der Waals surface area contributed by atoms with Gasteiger partial charge in [-0.3, -0.25) is 57.4 Å². The van der Waals surface area contributed by atoms with Crippen LogP contribution in [0.2, 0.25) is 0 Å². The third-order valence-electron chi connectivity index (χ3n) is 13.4. The van der Waals surface area contributed by atoms with Crippen molar-refractivity contribution in [2.75, 3.05) is 0 Å². The van der Waals surface area contributed by atoms with Gasteiger partial charge < -0.3 is 92.7 Å². The minimum Gasteiger partial charge on any atom is -0.465 e. The Kier molecular flexibility index (Phi) is 55.5. The minimum atomic E-state index is -2.70. The van der Waals surface area contributed by atoms with Crippen LogP contribution in [0.25, 0.3) is 67.0 Å². The van der Waals surface area contributed by atoms with Crippen molar-refractivity contribution < 1.29 is 545 Å². The van der Waals surface area contributed by atoms with Crippen molar-refractivity contribution in [3.05, 3.63) is 204 Å². The number of nitrogens with zero attached hydrogens (tertiary/aromatic N) is 24. The fourth-order valence-corrected chi connectivity index (χ4v) is 8.77. The summed E-state index contributed by atoms with van der Waals surface area (Å²) in [6.07, 6.45) is 7.24. The second-order valence-electron chi connectivity index (χ2n) is 18.4. The zero-order valence-corrected chi connectivity index (χ0v) is 104. The molecule has 0 fully saturated rings. The Hall–Kier alpha value is 5.78. The predicted octanol–water partition coefficient (Wildman–Crippen LogP) is -2.89. The van der Waals surface area contributed by atoms with Gasteiger partial charge in [-0.25, -0.2) is 19.6 Å². The molecule has 12 rings (SSSR count). The topological polar surface area (TPSA) is 371 Å². The standard InChI is InChI=1S/6C9H11N4O2.16Y/c6*1-4-13-8(14)6-7(10-5-11(6)2)12(3)9(13)15;;;;;;;;;;;;;;;;/h2*4-5H,1-3H3;2*5H,3-4H2,1-2H3;2*5H,2,4H2,1,3H3;;;;;;;;;;;;;;;;/q6*-1;;;;;;;;;;;;;;;;/i3D3;2D3;4D2;2D3;4D2;3D3;;;;;;;;;;;;;;;;. The van der Waals surface area contributed by atoms with Crippen molar-refractivity contribution in [2.45, 2.75) is 67.6 Å². The average Bonchev–Trinajstić information content (AvgIpc) is 1.67. The van der Waals surface area contributed by atoms with Crippen molar-refractivity contribution in [2.24, 2.45) is 56.1 Å². The number of aryl methyl sites for hydroxylation is 8. The van der Waals surface area contributed by atoms with Crippen molar-refractivity contribution in [3.8, 4) is 0 Å². The Labute approximate surface area is 1030 Å². The van der Waals surface area contributed by atoms with E-state index in [4.69, 9.17) is 21.9 Å². The number of fused-ring (bicyclic) bond motifs is 6. The molecule has 0 aliphatic rings. The van der Waals surface area contributed by atoms with Gasteiger partial charge in [0.05, 0.1) is 70.0 Å². The van der Waals surface area contributed by atoms with Crippen LogP contribution >= 0.6 is 0 Å². The smallest absolute Gasteiger partial charge is 0.330 e. The Morgan fingerprint density at radius 3 is 0.943 bits per heavy atom. The van der Waals surface area contributed by atoms with Gasteiger partial charge in [-0.05, 0) is 40.3 Å². The van der Waals surface area contributed by atoms with E-state index in [1.54, 1.807) is 27.9 Å². The summed E-state index contributed by atoms with van der Waals surface area (Å²) < 4.78 is 135. The van der Waals surface area contributed by atoms with E-state index in [9.17, 15) is 57.5 Å².